The van der Waals surface area contributed by atoms with Crippen LogP contribution in [-0.2, 0) is 10.0 Å². The van der Waals surface area contributed by atoms with Crippen molar-refractivity contribution in [1.29, 1.82) is 0 Å². The Labute approximate surface area is 213 Å². The highest BCUT2D eigenvalue weighted by Gasteiger charge is 2.20. The number of H-pyrrole nitrogens is 1. The largest absolute Gasteiger partial charge is 0.368 e. The van der Waals surface area contributed by atoms with E-state index in [2.05, 4.69) is 30.1 Å². The van der Waals surface area contributed by atoms with Gasteiger partial charge < -0.3 is 10.2 Å². The van der Waals surface area contributed by atoms with Crippen LogP contribution in [0.3, 0.4) is 0 Å². The highest BCUT2D eigenvalue weighted by atomic mass is 35.5. The lowest BCUT2D eigenvalue weighted by atomic mass is 10.2. The SMILES string of the molecule is Cc1n[nH]c2nc(-c3ccc(NS(=O)(=O)c4cc(Cl)ccc4F)cc3)nc(NCCN3CCCC3)c12. The minimum atomic E-state index is -4.16. The van der Waals surface area contributed by atoms with Crippen LogP contribution < -0.4 is 10.0 Å². The van der Waals surface area contributed by atoms with E-state index >= 15 is 0 Å². The normalized spacial score (nSPS) is 14.4. The van der Waals surface area contributed by atoms with Crippen molar-refractivity contribution in [3.8, 4) is 11.4 Å². The number of aromatic nitrogens is 4. The zero-order chi connectivity index (χ0) is 25.3. The summed E-state index contributed by atoms with van der Waals surface area (Å²) in [5.74, 6) is 0.275. The molecule has 2 aromatic heterocycles. The van der Waals surface area contributed by atoms with E-state index in [0.717, 1.165) is 49.4 Å². The summed E-state index contributed by atoms with van der Waals surface area (Å²) in [7, 11) is -4.16. The molecule has 12 heteroatoms. The van der Waals surface area contributed by atoms with Gasteiger partial charge in [0.15, 0.2) is 11.5 Å². The second-order valence-electron chi connectivity index (χ2n) is 8.66. The van der Waals surface area contributed by atoms with Crippen LogP contribution in [0.2, 0.25) is 5.02 Å². The standard InChI is InChI=1S/C24H25ClFN7O2S/c1-15-21-23(27-10-13-33-11-2-3-12-33)28-22(29-24(21)31-30-15)16-4-7-18(8-5-16)32-36(34,35)20-14-17(25)6-9-19(20)26/h4-9,14,32H,2-3,10-13H2,1H3,(H2,27,28,29,30,31). The Balaban J connectivity index is 1.37. The fraction of sp³-hybridized carbons (Fsp3) is 0.292. The molecule has 36 heavy (non-hydrogen) atoms. The molecule has 188 valence electrons. The van der Waals surface area contributed by atoms with Crippen LogP contribution in [0.25, 0.3) is 22.4 Å². The Morgan fingerprint density at radius 1 is 1.11 bits per heavy atom. The molecule has 4 aromatic rings. The molecule has 0 bridgehead atoms. The highest BCUT2D eigenvalue weighted by Crippen LogP contribution is 2.28. The molecular weight excluding hydrogens is 505 g/mol. The van der Waals surface area contributed by atoms with Crippen molar-refractivity contribution in [2.75, 3.05) is 36.2 Å². The number of sulfonamides is 1. The van der Waals surface area contributed by atoms with Gasteiger partial charge in [0.25, 0.3) is 10.0 Å². The van der Waals surface area contributed by atoms with Crippen molar-refractivity contribution >= 4 is 44.2 Å². The van der Waals surface area contributed by atoms with E-state index < -0.39 is 20.7 Å². The molecule has 2 aromatic carbocycles. The number of hydrogen-bond donors (Lipinski definition) is 3. The van der Waals surface area contributed by atoms with Crippen LogP contribution in [0, 0.1) is 12.7 Å². The lowest BCUT2D eigenvalue weighted by Crippen LogP contribution is -2.26. The quantitative estimate of drug-likeness (QED) is 0.309. The van der Waals surface area contributed by atoms with Crippen molar-refractivity contribution in [2.45, 2.75) is 24.7 Å². The molecule has 5 rings (SSSR count). The summed E-state index contributed by atoms with van der Waals surface area (Å²) in [5, 5.41) is 11.6. The minimum Gasteiger partial charge on any atom is -0.368 e. The molecule has 0 spiro atoms. The summed E-state index contributed by atoms with van der Waals surface area (Å²) in [6.07, 6.45) is 2.48. The minimum absolute atomic E-state index is 0.124. The second kappa shape index (κ2) is 10.00. The van der Waals surface area contributed by atoms with E-state index in [-0.39, 0.29) is 10.7 Å². The van der Waals surface area contributed by atoms with Gasteiger partial charge in [0, 0.05) is 29.4 Å². The fourth-order valence-electron chi connectivity index (χ4n) is 4.25. The summed E-state index contributed by atoms with van der Waals surface area (Å²) >= 11 is 5.85. The molecule has 0 amide bonds. The first kappa shape index (κ1) is 24.4. The molecule has 0 atom stereocenters. The van der Waals surface area contributed by atoms with E-state index in [1.54, 1.807) is 24.3 Å². The molecule has 1 fully saturated rings. The van der Waals surface area contributed by atoms with Gasteiger partial charge in [-0.15, -0.1) is 0 Å². The first-order valence-corrected chi connectivity index (χ1v) is 13.4. The number of hydrogen-bond acceptors (Lipinski definition) is 7. The number of fused-ring (bicyclic) bond motifs is 1. The maximum atomic E-state index is 14.1. The summed E-state index contributed by atoms with van der Waals surface area (Å²) in [6, 6.07) is 9.92. The first-order chi connectivity index (χ1) is 17.3. The van der Waals surface area contributed by atoms with E-state index in [1.807, 2.05) is 6.92 Å². The average Bonchev–Trinajstić information content (AvgIpc) is 3.51. The molecule has 1 saturated heterocycles. The lowest BCUT2D eigenvalue weighted by molar-refractivity contribution is 0.352. The maximum Gasteiger partial charge on any atom is 0.264 e. The molecule has 0 unspecified atom stereocenters. The van der Waals surface area contributed by atoms with Gasteiger partial charge in [-0.1, -0.05) is 11.6 Å². The zero-order valence-corrected chi connectivity index (χ0v) is 21.1. The number of nitrogens with zero attached hydrogens (tertiary/aromatic N) is 4. The third-order valence-electron chi connectivity index (χ3n) is 6.10. The van der Waals surface area contributed by atoms with Gasteiger partial charge in [-0.25, -0.2) is 22.8 Å². The summed E-state index contributed by atoms with van der Waals surface area (Å²) in [5.41, 5.74) is 2.37. The molecule has 3 N–H and O–H groups in total. The number of likely N-dealkylation sites (tertiary alicyclic amines) is 1. The Kier molecular flexibility index (Phi) is 6.78. The predicted octanol–water partition coefficient (Wildman–Crippen LogP) is 4.43. The van der Waals surface area contributed by atoms with Gasteiger partial charge in [0.1, 0.15) is 16.5 Å². The number of anilines is 2. The van der Waals surface area contributed by atoms with Gasteiger partial charge >= 0.3 is 0 Å². The van der Waals surface area contributed by atoms with Gasteiger partial charge in [0.2, 0.25) is 0 Å². The molecular formula is C24H25ClFN7O2S. The third kappa shape index (κ3) is 5.13. The molecule has 1 aliphatic rings. The van der Waals surface area contributed by atoms with Gasteiger partial charge in [0.05, 0.1) is 11.1 Å². The molecule has 0 saturated carbocycles. The molecule has 9 nitrogen and oxygen atoms in total. The summed E-state index contributed by atoms with van der Waals surface area (Å²) < 4.78 is 41.8. The van der Waals surface area contributed by atoms with Crippen molar-refractivity contribution < 1.29 is 12.8 Å². The number of aromatic amines is 1. The van der Waals surface area contributed by atoms with Crippen LogP contribution in [-0.4, -0.2) is 59.7 Å². The lowest BCUT2D eigenvalue weighted by Gasteiger charge is -2.15. The third-order valence-corrected chi connectivity index (χ3v) is 7.73. The Bertz CT molecular complexity index is 1500. The smallest absolute Gasteiger partial charge is 0.264 e. The van der Waals surface area contributed by atoms with E-state index in [0.29, 0.717) is 22.9 Å². The van der Waals surface area contributed by atoms with Crippen LogP contribution >= 0.6 is 11.6 Å². The molecule has 3 heterocycles. The van der Waals surface area contributed by atoms with Gasteiger partial charge in [-0.2, -0.15) is 5.10 Å². The predicted molar refractivity (Wildman–Crippen MR) is 138 cm³/mol. The van der Waals surface area contributed by atoms with Gasteiger partial charge in [-0.3, -0.25) is 9.82 Å². The maximum absolute atomic E-state index is 14.1. The van der Waals surface area contributed by atoms with E-state index in [1.165, 1.54) is 18.9 Å². The first-order valence-electron chi connectivity index (χ1n) is 11.6. The van der Waals surface area contributed by atoms with Gasteiger partial charge in [-0.05, 0) is 75.3 Å². The average molecular weight is 530 g/mol. The van der Waals surface area contributed by atoms with Crippen LogP contribution in [0.1, 0.15) is 18.5 Å². The molecule has 1 aliphatic heterocycles. The van der Waals surface area contributed by atoms with E-state index in [4.69, 9.17) is 16.6 Å². The van der Waals surface area contributed by atoms with Crippen molar-refractivity contribution in [3.63, 3.8) is 0 Å². The summed E-state index contributed by atoms with van der Waals surface area (Å²) in [6.45, 7) is 5.82. The molecule has 0 aliphatic carbocycles. The summed E-state index contributed by atoms with van der Waals surface area (Å²) in [4.78, 5) is 11.2. The number of aryl methyl sites for hydroxylation is 1. The highest BCUT2D eigenvalue weighted by molar-refractivity contribution is 7.92. The number of nitrogens with one attached hydrogen (secondary N) is 3. The number of halogens is 2. The second-order valence-corrected chi connectivity index (χ2v) is 10.7. The fourth-order valence-corrected chi connectivity index (χ4v) is 5.65. The van der Waals surface area contributed by atoms with Crippen molar-refractivity contribution in [2.24, 2.45) is 0 Å². The number of rotatable bonds is 8. The molecule has 0 radical (unpaired) electrons. The Morgan fingerprint density at radius 3 is 2.61 bits per heavy atom. The Morgan fingerprint density at radius 2 is 1.86 bits per heavy atom. The van der Waals surface area contributed by atoms with Crippen molar-refractivity contribution in [3.05, 3.63) is 59.0 Å². The number of benzene rings is 2. The zero-order valence-electron chi connectivity index (χ0n) is 19.6. The monoisotopic (exact) mass is 529 g/mol. The van der Waals surface area contributed by atoms with E-state index in [9.17, 15) is 12.8 Å². The van der Waals surface area contributed by atoms with Crippen LogP contribution in [0.15, 0.2) is 47.4 Å². The topological polar surface area (TPSA) is 116 Å². The van der Waals surface area contributed by atoms with Crippen LogP contribution in [0.4, 0.5) is 15.9 Å². The Hall–Kier alpha value is -3.28. The van der Waals surface area contributed by atoms with Crippen molar-refractivity contribution in [1.82, 2.24) is 25.1 Å². The van der Waals surface area contributed by atoms with Crippen LogP contribution in [0.5, 0.6) is 0 Å².